The van der Waals surface area contributed by atoms with Gasteiger partial charge in [-0.25, -0.2) is 9.78 Å². The monoisotopic (exact) mass is 349 g/mol. The second-order valence-corrected chi connectivity index (χ2v) is 6.13. The molecule has 3 aromatic rings. The normalized spacial score (nSPS) is 16.2. The number of nitrogens with zero attached hydrogens (tertiary/aromatic N) is 2. The van der Waals surface area contributed by atoms with E-state index in [-0.39, 0.29) is 12.0 Å². The Morgan fingerprint density at radius 3 is 2.73 bits per heavy atom. The summed E-state index contributed by atoms with van der Waals surface area (Å²) in [7, 11) is 3.02. The number of allylic oxidation sites excluding steroid dienone is 1. The van der Waals surface area contributed by atoms with Crippen molar-refractivity contribution in [3.63, 3.8) is 0 Å². The first-order valence-electron chi connectivity index (χ1n) is 8.31. The fourth-order valence-corrected chi connectivity index (χ4v) is 3.47. The minimum absolute atomic E-state index is 0.360. The molecule has 1 aliphatic rings. The molecular formula is C20H19N3O3. The zero-order chi connectivity index (χ0) is 18.3. The van der Waals surface area contributed by atoms with Gasteiger partial charge in [0.1, 0.15) is 5.75 Å². The van der Waals surface area contributed by atoms with Crippen molar-refractivity contribution in [3.05, 3.63) is 65.4 Å². The van der Waals surface area contributed by atoms with Crippen LogP contribution in [0.2, 0.25) is 0 Å². The highest BCUT2D eigenvalue weighted by atomic mass is 16.5. The standard InChI is InChI=1S/C20H19N3O3/c1-12-17(19(24)26-3)18(13-7-6-8-14(11-13)25-2)23-16-10-5-4-9-15(16)22-20(23)21-12/h4-11,18H,1-3H3,(H,21,22). The molecule has 1 unspecified atom stereocenters. The third kappa shape index (κ3) is 2.42. The molecule has 0 fully saturated rings. The Balaban J connectivity index is 2.01. The summed E-state index contributed by atoms with van der Waals surface area (Å²) in [5, 5.41) is 3.24. The van der Waals surface area contributed by atoms with Crippen molar-refractivity contribution < 1.29 is 14.3 Å². The number of carbonyl (C=O) groups excluding carboxylic acids is 1. The van der Waals surface area contributed by atoms with Crippen LogP contribution in [-0.4, -0.2) is 29.7 Å². The van der Waals surface area contributed by atoms with Crippen LogP contribution in [0.4, 0.5) is 5.95 Å². The molecule has 26 heavy (non-hydrogen) atoms. The van der Waals surface area contributed by atoms with Crippen molar-refractivity contribution in [1.82, 2.24) is 9.55 Å². The number of ether oxygens (including phenoxy) is 2. The molecule has 0 spiro atoms. The van der Waals surface area contributed by atoms with Crippen molar-refractivity contribution in [2.45, 2.75) is 13.0 Å². The van der Waals surface area contributed by atoms with Crippen LogP contribution in [0.3, 0.4) is 0 Å². The van der Waals surface area contributed by atoms with Gasteiger partial charge in [-0.2, -0.15) is 0 Å². The highest BCUT2D eigenvalue weighted by Gasteiger charge is 2.34. The maximum atomic E-state index is 12.6. The number of imidazole rings is 1. The molecule has 0 saturated heterocycles. The van der Waals surface area contributed by atoms with Crippen LogP contribution >= 0.6 is 0 Å². The number of anilines is 1. The third-order valence-electron chi connectivity index (χ3n) is 4.65. The van der Waals surface area contributed by atoms with Crippen molar-refractivity contribution in [2.75, 3.05) is 19.5 Å². The van der Waals surface area contributed by atoms with Gasteiger partial charge >= 0.3 is 5.97 Å². The Hall–Kier alpha value is -3.28. The van der Waals surface area contributed by atoms with Gasteiger partial charge < -0.3 is 14.8 Å². The Bertz CT molecular complexity index is 1040. The molecule has 0 aliphatic carbocycles. The molecule has 0 amide bonds. The number of benzene rings is 2. The van der Waals surface area contributed by atoms with Crippen molar-refractivity contribution in [3.8, 4) is 5.75 Å². The van der Waals surface area contributed by atoms with Gasteiger partial charge in [0.2, 0.25) is 5.95 Å². The van der Waals surface area contributed by atoms with Crippen LogP contribution in [0.1, 0.15) is 18.5 Å². The molecule has 6 nitrogen and oxygen atoms in total. The number of rotatable bonds is 3. The highest BCUT2D eigenvalue weighted by molar-refractivity contribution is 5.94. The lowest BCUT2D eigenvalue weighted by Crippen LogP contribution is -2.28. The quantitative estimate of drug-likeness (QED) is 0.733. The Labute approximate surface area is 151 Å². The van der Waals surface area contributed by atoms with Gasteiger partial charge in [0.25, 0.3) is 0 Å². The number of carbonyl (C=O) groups is 1. The number of aromatic nitrogens is 2. The average molecular weight is 349 g/mol. The largest absolute Gasteiger partial charge is 0.497 e. The van der Waals surface area contributed by atoms with E-state index in [0.29, 0.717) is 11.5 Å². The fourth-order valence-electron chi connectivity index (χ4n) is 3.47. The van der Waals surface area contributed by atoms with E-state index in [1.54, 1.807) is 7.11 Å². The lowest BCUT2D eigenvalue weighted by atomic mass is 9.95. The van der Waals surface area contributed by atoms with Crippen LogP contribution in [0.5, 0.6) is 5.75 Å². The maximum Gasteiger partial charge on any atom is 0.337 e. The number of hydrogen-bond acceptors (Lipinski definition) is 5. The molecule has 0 radical (unpaired) electrons. The molecule has 0 bridgehead atoms. The summed E-state index contributed by atoms with van der Waals surface area (Å²) in [4.78, 5) is 17.3. The summed E-state index contributed by atoms with van der Waals surface area (Å²) in [6.07, 6.45) is 0. The van der Waals surface area contributed by atoms with Crippen molar-refractivity contribution in [1.29, 1.82) is 0 Å². The first kappa shape index (κ1) is 16.2. The lowest BCUT2D eigenvalue weighted by Gasteiger charge is -2.30. The number of hydrogen-bond donors (Lipinski definition) is 1. The molecule has 0 saturated carbocycles. The van der Waals surface area contributed by atoms with E-state index in [4.69, 9.17) is 9.47 Å². The van der Waals surface area contributed by atoms with E-state index in [0.717, 1.165) is 28.0 Å². The first-order chi connectivity index (χ1) is 12.6. The van der Waals surface area contributed by atoms with E-state index < -0.39 is 0 Å². The Morgan fingerprint density at radius 1 is 1.15 bits per heavy atom. The first-order valence-corrected chi connectivity index (χ1v) is 8.31. The molecule has 132 valence electrons. The summed E-state index contributed by atoms with van der Waals surface area (Å²) >= 11 is 0. The molecule has 2 aromatic carbocycles. The number of fused-ring (bicyclic) bond motifs is 3. The molecule has 4 rings (SSSR count). The summed E-state index contributed by atoms with van der Waals surface area (Å²) in [5.41, 5.74) is 4.01. The van der Waals surface area contributed by atoms with Gasteiger partial charge in [0.05, 0.1) is 36.9 Å². The number of esters is 1. The van der Waals surface area contributed by atoms with E-state index >= 15 is 0 Å². The smallest absolute Gasteiger partial charge is 0.337 e. The predicted octanol–water partition coefficient (Wildman–Crippen LogP) is 3.51. The Kier molecular flexibility index (Phi) is 3.88. The number of nitrogens with one attached hydrogen (secondary N) is 1. The van der Waals surface area contributed by atoms with Gasteiger partial charge in [-0.3, -0.25) is 4.57 Å². The lowest BCUT2D eigenvalue weighted by molar-refractivity contribution is -0.136. The Morgan fingerprint density at radius 2 is 1.96 bits per heavy atom. The molecular weight excluding hydrogens is 330 g/mol. The summed E-state index contributed by atoms with van der Waals surface area (Å²) in [6.45, 7) is 1.86. The van der Waals surface area contributed by atoms with Crippen LogP contribution in [-0.2, 0) is 9.53 Å². The molecule has 1 atom stereocenters. The zero-order valence-corrected chi connectivity index (χ0v) is 14.8. The molecule has 1 aliphatic heterocycles. The highest BCUT2D eigenvalue weighted by Crippen LogP contribution is 2.40. The maximum absolute atomic E-state index is 12.6. The topological polar surface area (TPSA) is 65.4 Å². The van der Waals surface area contributed by atoms with E-state index in [9.17, 15) is 4.79 Å². The van der Waals surface area contributed by atoms with Crippen LogP contribution < -0.4 is 10.1 Å². The van der Waals surface area contributed by atoms with Gasteiger partial charge in [-0.15, -0.1) is 0 Å². The molecule has 1 aromatic heterocycles. The number of para-hydroxylation sites is 2. The van der Waals surface area contributed by atoms with Crippen LogP contribution in [0.15, 0.2) is 59.8 Å². The van der Waals surface area contributed by atoms with Crippen molar-refractivity contribution in [2.24, 2.45) is 0 Å². The van der Waals surface area contributed by atoms with E-state index in [2.05, 4.69) is 10.3 Å². The fraction of sp³-hybridized carbons (Fsp3) is 0.200. The summed E-state index contributed by atoms with van der Waals surface area (Å²) < 4.78 is 12.5. The van der Waals surface area contributed by atoms with Crippen LogP contribution in [0, 0.1) is 0 Å². The second-order valence-electron chi connectivity index (χ2n) is 6.13. The summed E-state index contributed by atoms with van der Waals surface area (Å²) in [6, 6.07) is 15.2. The molecule has 6 heteroatoms. The second kappa shape index (κ2) is 6.22. The number of methoxy groups -OCH3 is 2. The SMILES string of the molecule is COC(=O)C1=C(C)Nc2nc3ccccc3n2C1c1cccc(OC)c1. The molecule has 2 heterocycles. The van der Waals surface area contributed by atoms with Gasteiger partial charge in [0, 0.05) is 5.70 Å². The van der Waals surface area contributed by atoms with Crippen LogP contribution in [0.25, 0.3) is 11.0 Å². The zero-order valence-electron chi connectivity index (χ0n) is 14.8. The van der Waals surface area contributed by atoms with Gasteiger partial charge in [-0.1, -0.05) is 24.3 Å². The van der Waals surface area contributed by atoms with Crippen molar-refractivity contribution >= 4 is 23.0 Å². The molecule has 1 N–H and O–H groups in total. The predicted molar refractivity (Wildman–Crippen MR) is 99.2 cm³/mol. The third-order valence-corrected chi connectivity index (χ3v) is 4.65. The average Bonchev–Trinajstić information content (AvgIpc) is 3.04. The summed E-state index contributed by atoms with van der Waals surface area (Å²) in [5.74, 6) is 1.06. The minimum atomic E-state index is -0.369. The van der Waals surface area contributed by atoms with Gasteiger partial charge in [-0.05, 0) is 36.8 Å². The van der Waals surface area contributed by atoms with Gasteiger partial charge in [0.15, 0.2) is 0 Å². The van der Waals surface area contributed by atoms with E-state index in [1.807, 2.05) is 60.0 Å². The van der Waals surface area contributed by atoms with E-state index in [1.165, 1.54) is 7.11 Å². The minimum Gasteiger partial charge on any atom is -0.497 e.